The number of nitrogens with zero attached hydrogens (tertiary/aromatic N) is 3. The summed E-state index contributed by atoms with van der Waals surface area (Å²) >= 11 is 5.29. The number of amides is 2. The molecule has 1 rings (SSSR count). The third-order valence-electron chi connectivity index (χ3n) is 2.65. The molecule has 0 aromatic carbocycles. The standard InChI is InChI=1S/C8H14ClN3O2/c1-11(8(13)12(9)10-14)7-5-3-2-4-6-7/h7H,2-6H2,1H3. The SMILES string of the molecule is CN(C(=O)N(Cl)N=O)C1CCCCC1. The third kappa shape index (κ3) is 2.57. The molecular weight excluding hydrogens is 206 g/mol. The first kappa shape index (κ1) is 11.2. The summed E-state index contributed by atoms with van der Waals surface area (Å²) in [5, 5.41) is 2.36. The molecule has 0 atom stereocenters. The molecule has 1 aliphatic rings. The van der Waals surface area contributed by atoms with Gasteiger partial charge in [0.15, 0.2) is 0 Å². The average Bonchev–Trinajstić information content (AvgIpc) is 2.27. The number of hydrogen-bond acceptors (Lipinski definition) is 3. The van der Waals surface area contributed by atoms with E-state index in [-0.39, 0.29) is 6.04 Å². The predicted octanol–water partition coefficient (Wildman–Crippen LogP) is 2.51. The second-order valence-corrected chi connectivity index (χ2v) is 3.85. The zero-order valence-electron chi connectivity index (χ0n) is 8.15. The Morgan fingerprint density at radius 3 is 2.43 bits per heavy atom. The largest absolute Gasteiger partial charge is 0.358 e. The van der Waals surface area contributed by atoms with Gasteiger partial charge in [0.1, 0.15) is 0 Å². The smallest absolute Gasteiger partial charge is 0.322 e. The lowest BCUT2D eigenvalue weighted by Gasteiger charge is -2.31. The average molecular weight is 220 g/mol. The van der Waals surface area contributed by atoms with Crippen molar-refractivity contribution in [3.63, 3.8) is 0 Å². The number of halogens is 1. The maximum atomic E-state index is 11.4. The highest BCUT2D eigenvalue weighted by Gasteiger charge is 2.25. The van der Waals surface area contributed by atoms with Gasteiger partial charge in [0.2, 0.25) is 0 Å². The molecule has 0 radical (unpaired) electrons. The van der Waals surface area contributed by atoms with E-state index in [2.05, 4.69) is 5.29 Å². The van der Waals surface area contributed by atoms with Gasteiger partial charge in [-0.15, -0.1) is 4.91 Å². The molecule has 5 nitrogen and oxygen atoms in total. The van der Waals surface area contributed by atoms with Crippen LogP contribution in [0, 0.1) is 4.91 Å². The predicted molar refractivity (Wildman–Crippen MR) is 53.5 cm³/mol. The lowest BCUT2D eigenvalue weighted by molar-refractivity contribution is 0.157. The summed E-state index contributed by atoms with van der Waals surface area (Å²) in [5.41, 5.74) is 0. The highest BCUT2D eigenvalue weighted by Crippen LogP contribution is 2.22. The lowest BCUT2D eigenvalue weighted by Crippen LogP contribution is -2.41. The van der Waals surface area contributed by atoms with Gasteiger partial charge in [-0.1, -0.05) is 23.8 Å². The monoisotopic (exact) mass is 219 g/mol. The van der Waals surface area contributed by atoms with Crippen LogP contribution in [0.4, 0.5) is 4.79 Å². The van der Waals surface area contributed by atoms with Crippen molar-refractivity contribution < 1.29 is 4.79 Å². The summed E-state index contributed by atoms with van der Waals surface area (Å²) in [6, 6.07) is -0.354. The van der Waals surface area contributed by atoms with Gasteiger partial charge in [0.05, 0.1) is 5.29 Å². The zero-order valence-corrected chi connectivity index (χ0v) is 8.90. The molecule has 0 unspecified atom stereocenters. The van der Waals surface area contributed by atoms with E-state index in [1.165, 1.54) is 11.3 Å². The molecule has 0 aromatic rings. The molecule has 0 spiro atoms. The molecule has 1 fully saturated rings. The Hall–Kier alpha value is -0.840. The Kier molecular flexibility index (Phi) is 4.13. The van der Waals surface area contributed by atoms with Gasteiger partial charge in [0.25, 0.3) is 0 Å². The molecule has 80 valence electrons. The van der Waals surface area contributed by atoms with Gasteiger partial charge in [-0.3, -0.25) is 0 Å². The topological polar surface area (TPSA) is 53.0 Å². The minimum atomic E-state index is -0.548. The van der Waals surface area contributed by atoms with Crippen LogP contribution in [0.1, 0.15) is 32.1 Å². The number of carbonyl (C=O) groups is 1. The minimum Gasteiger partial charge on any atom is -0.322 e. The Bertz CT molecular complexity index is 219. The Balaban J connectivity index is 2.49. The van der Waals surface area contributed by atoms with Gasteiger partial charge < -0.3 is 4.90 Å². The number of nitroso groups, excluding NO2 is 1. The first-order chi connectivity index (χ1) is 6.66. The molecule has 0 saturated heterocycles. The van der Waals surface area contributed by atoms with Crippen molar-refractivity contribution in [3.05, 3.63) is 4.91 Å². The number of hydrogen-bond donors (Lipinski definition) is 0. The Labute approximate surface area is 88.0 Å². The molecule has 0 heterocycles. The van der Waals surface area contributed by atoms with Crippen LogP contribution in [0.25, 0.3) is 0 Å². The van der Waals surface area contributed by atoms with Gasteiger partial charge in [-0.25, -0.2) is 4.79 Å². The van der Waals surface area contributed by atoms with E-state index in [0.717, 1.165) is 25.7 Å². The Morgan fingerprint density at radius 1 is 1.36 bits per heavy atom. The maximum absolute atomic E-state index is 11.4. The summed E-state index contributed by atoms with van der Waals surface area (Å²) in [7, 11) is 1.65. The minimum absolute atomic E-state index is 0.194. The second kappa shape index (κ2) is 5.14. The lowest BCUT2D eigenvalue weighted by atomic mass is 9.95. The summed E-state index contributed by atoms with van der Waals surface area (Å²) in [6.45, 7) is 0. The van der Waals surface area contributed by atoms with E-state index in [0.29, 0.717) is 4.53 Å². The van der Waals surface area contributed by atoms with Gasteiger partial charge in [-0.2, -0.15) is 0 Å². The van der Waals surface area contributed by atoms with Crippen molar-refractivity contribution >= 4 is 17.8 Å². The fraction of sp³-hybridized carbons (Fsp3) is 0.875. The molecule has 1 aliphatic carbocycles. The number of rotatable bonds is 2. The van der Waals surface area contributed by atoms with Crippen molar-refractivity contribution in [1.29, 1.82) is 0 Å². The molecule has 0 bridgehead atoms. The molecule has 1 saturated carbocycles. The van der Waals surface area contributed by atoms with Crippen molar-refractivity contribution in [3.8, 4) is 0 Å². The molecular formula is C8H14ClN3O2. The quantitative estimate of drug-likeness (QED) is 0.407. The second-order valence-electron chi connectivity index (χ2n) is 3.53. The molecule has 14 heavy (non-hydrogen) atoms. The number of urea groups is 1. The summed E-state index contributed by atoms with van der Waals surface area (Å²) < 4.78 is 0.314. The first-order valence-corrected chi connectivity index (χ1v) is 5.06. The van der Waals surface area contributed by atoms with Crippen LogP contribution in [-0.2, 0) is 0 Å². The van der Waals surface area contributed by atoms with E-state index in [4.69, 9.17) is 11.8 Å². The van der Waals surface area contributed by atoms with Crippen molar-refractivity contribution in [2.75, 3.05) is 7.05 Å². The van der Waals surface area contributed by atoms with Crippen LogP contribution in [0.3, 0.4) is 0 Å². The van der Waals surface area contributed by atoms with E-state index in [9.17, 15) is 9.70 Å². The van der Waals surface area contributed by atoms with Crippen molar-refractivity contribution in [2.24, 2.45) is 5.29 Å². The molecule has 0 aliphatic heterocycles. The van der Waals surface area contributed by atoms with E-state index in [1.807, 2.05) is 0 Å². The zero-order chi connectivity index (χ0) is 10.6. The summed E-state index contributed by atoms with van der Waals surface area (Å²) in [4.78, 5) is 22.9. The first-order valence-electron chi connectivity index (χ1n) is 4.72. The van der Waals surface area contributed by atoms with E-state index >= 15 is 0 Å². The van der Waals surface area contributed by atoms with Crippen LogP contribution < -0.4 is 0 Å². The fourth-order valence-corrected chi connectivity index (χ4v) is 1.91. The van der Waals surface area contributed by atoms with Gasteiger partial charge in [-0.05, 0) is 12.8 Å². The van der Waals surface area contributed by atoms with E-state index < -0.39 is 6.03 Å². The van der Waals surface area contributed by atoms with Crippen LogP contribution in [-0.4, -0.2) is 28.5 Å². The van der Waals surface area contributed by atoms with Crippen LogP contribution in [0.15, 0.2) is 5.29 Å². The normalized spacial score (nSPS) is 17.6. The van der Waals surface area contributed by atoms with Crippen LogP contribution >= 0.6 is 11.8 Å². The summed E-state index contributed by atoms with van der Waals surface area (Å²) in [6.07, 6.45) is 5.42. The third-order valence-corrected chi connectivity index (χ3v) is 2.86. The van der Waals surface area contributed by atoms with Gasteiger partial charge >= 0.3 is 6.03 Å². The summed E-state index contributed by atoms with van der Waals surface area (Å²) in [5.74, 6) is 0. The van der Waals surface area contributed by atoms with Crippen molar-refractivity contribution in [1.82, 2.24) is 9.43 Å². The fourth-order valence-electron chi connectivity index (χ4n) is 1.79. The Morgan fingerprint density at radius 2 is 1.93 bits per heavy atom. The van der Waals surface area contributed by atoms with Gasteiger partial charge in [0, 0.05) is 24.9 Å². The highest BCUT2D eigenvalue weighted by atomic mass is 35.5. The van der Waals surface area contributed by atoms with Crippen LogP contribution in [0.5, 0.6) is 0 Å². The molecule has 0 N–H and O–H groups in total. The molecule has 6 heteroatoms. The number of carbonyl (C=O) groups excluding carboxylic acids is 1. The van der Waals surface area contributed by atoms with E-state index in [1.54, 1.807) is 7.05 Å². The molecule has 0 aromatic heterocycles. The molecule has 2 amide bonds. The maximum Gasteiger partial charge on any atom is 0.358 e. The van der Waals surface area contributed by atoms with Crippen molar-refractivity contribution in [2.45, 2.75) is 38.1 Å². The highest BCUT2D eigenvalue weighted by molar-refractivity contribution is 6.20. The van der Waals surface area contributed by atoms with Crippen LogP contribution in [0.2, 0.25) is 0 Å².